The zero-order chi connectivity index (χ0) is 41.5. The van der Waals surface area contributed by atoms with Crippen molar-refractivity contribution in [2.75, 3.05) is 0 Å². The number of fused-ring (bicyclic) bond motifs is 9. The molecule has 328 valence electrons. The van der Waals surface area contributed by atoms with E-state index in [9.17, 15) is 0 Å². The largest absolute Gasteiger partial charge is 0.354 e. The summed E-state index contributed by atoms with van der Waals surface area (Å²) in [6, 6.07) is 24.0. The minimum Gasteiger partial charge on any atom is -0.354 e. The molecule has 2 heteroatoms. The second-order valence-electron chi connectivity index (χ2n) is 19.1. The first-order valence-corrected chi connectivity index (χ1v) is 26.9. The van der Waals surface area contributed by atoms with E-state index in [1.807, 2.05) is 11.3 Å². The van der Waals surface area contributed by atoms with Gasteiger partial charge in [0.15, 0.2) is 0 Å². The van der Waals surface area contributed by atoms with Gasteiger partial charge in [-0.15, -0.1) is 11.3 Å². The molecular formula is C58H85NS. The maximum atomic E-state index is 3.89. The molecule has 0 aliphatic carbocycles. The van der Waals surface area contributed by atoms with Gasteiger partial charge in [-0.2, -0.15) is 0 Å². The lowest BCUT2D eigenvalue weighted by atomic mass is 10.0. The Labute approximate surface area is 371 Å². The Balaban J connectivity index is 0.896. The number of rotatable bonds is 34. The van der Waals surface area contributed by atoms with Crippen molar-refractivity contribution in [3.8, 4) is 0 Å². The molecule has 60 heavy (non-hydrogen) atoms. The highest BCUT2D eigenvalue weighted by Gasteiger charge is 2.14. The summed E-state index contributed by atoms with van der Waals surface area (Å²) in [6.45, 7) is 4.62. The molecule has 0 fully saturated rings. The molecule has 6 rings (SSSR count). The number of nitrogens with one attached hydrogen (secondary N) is 1. The normalized spacial score (nSPS) is 12.1. The van der Waals surface area contributed by atoms with Gasteiger partial charge in [-0.25, -0.2) is 0 Å². The third-order valence-electron chi connectivity index (χ3n) is 14.0. The molecule has 0 aliphatic rings. The third-order valence-corrected chi connectivity index (χ3v) is 15.2. The van der Waals surface area contributed by atoms with E-state index in [0.29, 0.717) is 0 Å². The van der Waals surface area contributed by atoms with Crippen molar-refractivity contribution in [3.63, 3.8) is 0 Å². The summed E-state index contributed by atoms with van der Waals surface area (Å²) in [5.74, 6) is 0. The number of benzene rings is 4. The Morgan fingerprint density at radius 1 is 0.333 bits per heavy atom. The summed E-state index contributed by atoms with van der Waals surface area (Å²) in [4.78, 5) is 3.89. The summed E-state index contributed by atoms with van der Waals surface area (Å²) in [6.07, 6.45) is 48.0. The van der Waals surface area contributed by atoms with E-state index in [-0.39, 0.29) is 0 Å². The van der Waals surface area contributed by atoms with Crippen molar-refractivity contribution in [1.29, 1.82) is 0 Å². The van der Waals surface area contributed by atoms with Crippen LogP contribution in [0.15, 0.2) is 60.7 Å². The SMILES string of the molecule is CCCCCCCCCCCCCCCCCCc1ccc2c(c1)[nH]c1c2ccc2c1ccc1c3ccc(CCCCCCCCCCCCCCCCCC)cc3sc12. The first-order valence-electron chi connectivity index (χ1n) is 26.1. The Bertz CT molecular complexity index is 1930. The highest BCUT2D eigenvalue weighted by atomic mass is 32.1. The maximum absolute atomic E-state index is 3.89. The van der Waals surface area contributed by atoms with Gasteiger partial charge in [-0.05, 0) is 48.9 Å². The van der Waals surface area contributed by atoms with Crippen molar-refractivity contribution in [3.05, 3.63) is 71.8 Å². The fourth-order valence-electron chi connectivity index (χ4n) is 10.2. The zero-order valence-corrected chi connectivity index (χ0v) is 39.5. The molecule has 0 bridgehead atoms. The highest BCUT2D eigenvalue weighted by Crippen LogP contribution is 2.42. The number of unbranched alkanes of at least 4 members (excludes halogenated alkanes) is 30. The highest BCUT2D eigenvalue weighted by molar-refractivity contribution is 7.26. The molecule has 6 aromatic rings. The lowest BCUT2D eigenvalue weighted by molar-refractivity contribution is 0.529. The standard InChI is InChI=1S/C58H85NS/c1-3-5-7-9-11-13-15-17-19-21-23-25-27-29-31-33-35-47-37-39-49-51-41-44-54-52(57(51)59-55(49)45-47)42-43-53-50-40-38-48(46-56(50)60-58(53)54)36-34-32-30-28-26-24-22-20-18-16-14-12-10-8-6-4-2/h37-46,59H,3-36H2,1-2H3. The Morgan fingerprint density at radius 3 is 1.12 bits per heavy atom. The number of hydrogen-bond acceptors (Lipinski definition) is 1. The Morgan fingerprint density at radius 2 is 0.667 bits per heavy atom. The van der Waals surface area contributed by atoms with Crippen molar-refractivity contribution >= 4 is 64.1 Å². The number of thiophene rings is 1. The van der Waals surface area contributed by atoms with E-state index >= 15 is 0 Å². The molecule has 4 aromatic carbocycles. The lowest BCUT2D eigenvalue weighted by Crippen LogP contribution is -1.87. The first kappa shape index (κ1) is 46.7. The smallest absolute Gasteiger partial charge is 0.0545 e. The monoisotopic (exact) mass is 828 g/mol. The number of H-pyrrole nitrogens is 1. The van der Waals surface area contributed by atoms with Gasteiger partial charge in [-0.1, -0.05) is 255 Å². The molecule has 0 saturated heterocycles. The molecule has 1 N–H and O–H groups in total. The molecule has 0 amide bonds. The summed E-state index contributed by atoms with van der Waals surface area (Å²) < 4.78 is 2.88. The van der Waals surface area contributed by atoms with Crippen molar-refractivity contribution in [1.82, 2.24) is 4.98 Å². The van der Waals surface area contributed by atoms with Crippen molar-refractivity contribution < 1.29 is 0 Å². The minimum atomic E-state index is 1.19. The second kappa shape index (κ2) is 27.3. The fraction of sp³-hybridized carbons (Fsp3) is 0.621. The average molecular weight is 828 g/mol. The molecule has 0 radical (unpaired) electrons. The van der Waals surface area contributed by atoms with Crippen LogP contribution in [0.1, 0.15) is 230 Å². The van der Waals surface area contributed by atoms with Crippen LogP contribution >= 0.6 is 11.3 Å². The summed E-state index contributed by atoms with van der Waals surface area (Å²) in [7, 11) is 0. The van der Waals surface area contributed by atoms with Gasteiger partial charge in [0.05, 0.1) is 5.52 Å². The van der Waals surface area contributed by atoms with E-state index < -0.39 is 0 Å². The molecule has 2 aromatic heterocycles. The topological polar surface area (TPSA) is 15.8 Å². The minimum absolute atomic E-state index is 1.19. The zero-order valence-electron chi connectivity index (χ0n) is 38.7. The van der Waals surface area contributed by atoms with Crippen LogP contribution in [0.3, 0.4) is 0 Å². The third kappa shape index (κ3) is 14.6. The van der Waals surface area contributed by atoms with E-state index in [0.717, 1.165) is 0 Å². The average Bonchev–Trinajstić information content (AvgIpc) is 3.84. The van der Waals surface area contributed by atoms with Crippen LogP contribution in [0.25, 0.3) is 52.8 Å². The number of aromatic nitrogens is 1. The first-order chi connectivity index (χ1) is 29.8. The molecule has 0 atom stereocenters. The van der Waals surface area contributed by atoms with Gasteiger partial charge in [0.25, 0.3) is 0 Å². The Hall–Kier alpha value is -2.84. The van der Waals surface area contributed by atoms with Crippen LogP contribution in [-0.4, -0.2) is 4.98 Å². The number of aromatic amines is 1. The van der Waals surface area contributed by atoms with E-state index in [2.05, 4.69) is 79.5 Å². The number of aryl methyl sites for hydroxylation is 2. The van der Waals surface area contributed by atoms with Crippen LogP contribution in [0.4, 0.5) is 0 Å². The van der Waals surface area contributed by atoms with Gasteiger partial charge >= 0.3 is 0 Å². The molecular weight excluding hydrogens is 743 g/mol. The van der Waals surface area contributed by atoms with Gasteiger partial charge in [0.2, 0.25) is 0 Å². The summed E-state index contributed by atoms with van der Waals surface area (Å²) in [5.41, 5.74) is 5.58. The quantitative estimate of drug-likeness (QED) is 0.0390. The molecule has 0 aliphatic heterocycles. The van der Waals surface area contributed by atoms with Crippen LogP contribution in [-0.2, 0) is 12.8 Å². The van der Waals surface area contributed by atoms with Crippen LogP contribution in [0.2, 0.25) is 0 Å². The molecule has 0 unspecified atom stereocenters. The lowest BCUT2D eigenvalue weighted by Gasteiger charge is -2.04. The Kier molecular flexibility index (Phi) is 21.2. The van der Waals surface area contributed by atoms with E-state index in [4.69, 9.17) is 0 Å². The molecule has 0 spiro atoms. The molecule has 0 saturated carbocycles. The maximum Gasteiger partial charge on any atom is 0.0545 e. The van der Waals surface area contributed by atoms with Gasteiger partial charge < -0.3 is 4.98 Å². The second-order valence-corrected chi connectivity index (χ2v) is 20.1. The number of hydrogen-bond donors (Lipinski definition) is 1. The van der Waals surface area contributed by atoms with Crippen LogP contribution < -0.4 is 0 Å². The molecule has 2 heterocycles. The van der Waals surface area contributed by atoms with E-state index in [1.54, 1.807) is 0 Å². The van der Waals surface area contributed by atoms with Gasteiger partial charge in [0.1, 0.15) is 0 Å². The predicted octanol–water partition coefficient (Wildman–Crippen LogP) is 20.5. The van der Waals surface area contributed by atoms with Crippen molar-refractivity contribution in [2.45, 2.75) is 232 Å². The predicted molar refractivity (Wildman–Crippen MR) is 273 cm³/mol. The van der Waals surface area contributed by atoms with Gasteiger partial charge in [-0.3, -0.25) is 0 Å². The van der Waals surface area contributed by atoms with Crippen molar-refractivity contribution in [2.24, 2.45) is 0 Å². The molecule has 1 nitrogen and oxygen atoms in total. The summed E-state index contributed by atoms with van der Waals surface area (Å²) >= 11 is 2.00. The fourth-order valence-corrected chi connectivity index (χ4v) is 11.5. The van der Waals surface area contributed by atoms with Gasteiger partial charge in [0, 0.05) is 47.2 Å². The van der Waals surface area contributed by atoms with Crippen LogP contribution in [0.5, 0.6) is 0 Å². The van der Waals surface area contributed by atoms with Crippen LogP contribution in [0, 0.1) is 0 Å². The summed E-state index contributed by atoms with van der Waals surface area (Å²) in [5, 5.41) is 8.29. The van der Waals surface area contributed by atoms with E-state index in [1.165, 1.54) is 282 Å².